The Balaban J connectivity index is 2.81. The summed E-state index contributed by atoms with van der Waals surface area (Å²) in [5, 5.41) is 3.46. The van der Waals surface area contributed by atoms with Crippen LogP contribution in [0.3, 0.4) is 0 Å². The van der Waals surface area contributed by atoms with Crippen LogP contribution >= 0.6 is 23.2 Å². The number of rotatable bonds is 3. The molecule has 1 heterocycles. The normalized spacial score (nSPS) is 11.3. The first-order valence-corrected chi connectivity index (χ1v) is 6.63. The number of carbonyl (C=O) groups is 1. The zero-order valence-corrected chi connectivity index (χ0v) is 13.2. The van der Waals surface area contributed by atoms with E-state index in [1.807, 2.05) is 20.8 Å². The number of pyridine rings is 1. The molecule has 1 aromatic rings. The van der Waals surface area contributed by atoms with E-state index >= 15 is 0 Å². The summed E-state index contributed by atoms with van der Waals surface area (Å²) in [5.41, 5.74) is 0.933. The molecule has 19 heavy (non-hydrogen) atoms. The second-order valence-electron chi connectivity index (χ2n) is 5.33. The maximum atomic E-state index is 11.7. The summed E-state index contributed by atoms with van der Waals surface area (Å²) >= 11 is 12.2. The maximum absolute atomic E-state index is 11.7. The van der Waals surface area contributed by atoms with Crippen molar-refractivity contribution in [3.63, 3.8) is 0 Å². The topological polar surface area (TPSA) is 51.2 Å². The van der Waals surface area contributed by atoms with Crippen molar-refractivity contribution in [2.75, 3.05) is 6.61 Å². The predicted molar refractivity (Wildman–Crippen MR) is 77.1 cm³/mol. The van der Waals surface area contributed by atoms with Crippen molar-refractivity contribution in [1.82, 2.24) is 10.3 Å². The lowest BCUT2D eigenvalue weighted by atomic mass is 10.1. The van der Waals surface area contributed by atoms with Crippen LogP contribution < -0.4 is 10.1 Å². The minimum Gasteiger partial charge on any atom is -0.480 e. The second kappa shape index (κ2) is 5.97. The third-order valence-electron chi connectivity index (χ3n) is 2.23. The zero-order valence-electron chi connectivity index (χ0n) is 11.7. The van der Waals surface area contributed by atoms with Crippen molar-refractivity contribution >= 4 is 29.1 Å². The minimum absolute atomic E-state index is 0.139. The van der Waals surface area contributed by atoms with Gasteiger partial charge < -0.3 is 10.1 Å². The Bertz CT molecular complexity index is 470. The average molecular weight is 305 g/mol. The quantitative estimate of drug-likeness (QED) is 0.932. The third kappa shape index (κ3) is 4.55. The van der Waals surface area contributed by atoms with Gasteiger partial charge in [-0.1, -0.05) is 23.2 Å². The molecule has 0 radical (unpaired) electrons. The van der Waals surface area contributed by atoms with Crippen LogP contribution in [0.2, 0.25) is 10.0 Å². The van der Waals surface area contributed by atoms with Gasteiger partial charge >= 0.3 is 0 Å². The fourth-order valence-electron chi connectivity index (χ4n) is 1.49. The molecule has 0 aliphatic rings. The van der Waals surface area contributed by atoms with Crippen LogP contribution in [0.4, 0.5) is 0 Å². The molecule has 0 saturated carbocycles. The molecule has 0 bridgehead atoms. The Labute approximate surface area is 123 Å². The number of hydrogen-bond donors (Lipinski definition) is 1. The molecule has 0 saturated heterocycles. The van der Waals surface area contributed by atoms with Crippen LogP contribution in [-0.4, -0.2) is 23.0 Å². The first kappa shape index (κ1) is 16.1. The van der Waals surface area contributed by atoms with Gasteiger partial charge in [-0.2, -0.15) is 0 Å². The molecule has 0 aromatic carbocycles. The van der Waals surface area contributed by atoms with Crippen LogP contribution in [0.25, 0.3) is 0 Å². The first-order chi connectivity index (χ1) is 8.61. The molecule has 0 aliphatic carbocycles. The number of carbonyl (C=O) groups excluding carboxylic acids is 1. The molecule has 0 spiro atoms. The molecular formula is C13H18Cl2N2O2. The molecule has 0 atom stereocenters. The monoisotopic (exact) mass is 304 g/mol. The highest BCUT2D eigenvalue weighted by Gasteiger charge is 2.18. The van der Waals surface area contributed by atoms with Crippen molar-refractivity contribution in [3.05, 3.63) is 21.4 Å². The van der Waals surface area contributed by atoms with Crippen molar-refractivity contribution in [2.45, 2.75) is 40.2 Å². The number of amides is 1. The standard InChI is InChI=1S/C13H18Cl2N2O2/c1-7-10(14)12(11(15)8(2)16-7)19-6-9(18)17-13(3,4)5/h6H2,1-5H3,(H,17,18). The Hall–Kier alpha value is -1.00. The van der Waals surface area contributed by atoms with Gasteiger partial charge in [0.1, 0.15) is 10.0 Å². The van der Waals surface area contributed by atoms with Crippen molar-refractivity contribution < 1.29 is 9.53 Å². The van der Waals surface area contributed by atoms with Gasteiger partial charge in [0.15, 0.2) is 12.4 Å². The molecule has 0 unspecified atom stereocenters. The van der Waals surface area contributed by atoms with Gasteiger partial charge in [0, 0.05) is 5.54 Å². The number of aromatic nitrogens is 1. The van der Waals surface area contributed by atoms with Crippen molar-refractivity contribution in [1.29, 1.82) is 0 Å². The lowest BCUT2D eigenvalue weighted by Crippen LogP contribution is -2.43. The smallest absolute Gasteiger partial charge is 0.258 e. The molecule has 0 aliphatic heterocycles. The number of nitrogens with zero attached hydrogens (tertiary/aromatic N) is 1. The van der Waals surface area contributed by atoms with Crippen LogP contribution in [0, 0.1) is 13.8 Å². The molecular weight excluding hydrogens is 287 g/mol. The van der Waals surface area contributed by atoms with E-state index in [4.69, 9.17) is 27.9 Å². The van der Waals surface area contributed by atoms with Gasteiger partial charge in [0.05, 0.1) is 11.4 Å². The minimum atomic E-state index is -0.307. The molecule has 4 nitrogen and oxygen atoms in total. The van der Waals surface area contributed by atoms with Crippen molar-refractivity contribution in [3.8, 4) is 5.75 Å². The molecule has 0 fully saturated rings. The van der Waals surface area contributed by atoms with Crippen molar-refractivity contribution in [2.24, 2.45) is 0 Å². The third-order valence-corrected chi connectivity index (χ3v) is 3.12. The highest BCUT2D eigenvalue weighted by molar-refractivity contribution is 6.37. The van der Waals surface area contributed by atoms with Gasteiger partial charge in [0.2, 0.25) is 0 Å². The van der Waals surface area contributed by atoms with Crippen LogP contribution in [0.5, 0.6) is 5.75 Å². The van der Waals surface area contributed by atoms with Gasteiger partial charge in [-0.25, -0.2) is 0 Å². The van der Waals surface area contributed by atoms with E-state index in [9.17, 15) is 4.79 Å². The van der Waals surface area contributed by atoms with Crippen LogP contribution in [0.1, 0.15) is 32.2 Å². The van der Waals surface area contributed by atoms with E-state index in [2.05, 4.69) is 10.3 Å². The van der Waals surface area contributed by atoms with Crippen LogP contribution in [-0.2, 0) is 4.79 Å². The van der Waals surface area contributed by atoms with Gasteiger partial charge in [-0.3, -0.25) is 9.78 Å². The predicted octanol–water partition coefficient (Wildman–Crippen LogP) is 3.30. The van der Waals surface area contributed by atoms with E-state index in [0.717, 1.165) is 0 Å². The maximum Gasteiger partial charge on any atom is 0.258 e. The Morgan fingerprint density at radius 1 is 1.21 bits per heavy atom. The molecule has 6 heteroatoms. The zero-order chi connectivity index (χ0) is 14.8. The molecule has 1 rings (SSSR count). The fourth-order valence-corrected chi connectivity index (χ4v) is 1.92. The number of ether oxygens (including phenoxy) is 1. The summed E-state index contributed by atoms with van der Waals surface area (Å²) < 4.78 is 5.42. The van der Waals surface area contributed by atoms with Gasteiger partial charge in [-0.05, 0) is 34.6 Å². The highest BCUT2D eigenvalue weighted by Crippen LogP contribution is 2.36. The summed E-state index contributed by atoms with van der Waals surface area (Å²) in [7, 11) is 0. The van der Waals surface area contributed by atoms with Gasteiger partial charge in [0.25, 0.3) is 5.91 Å². The lowest BCUT2D eigenvalue weighted by Gasteiger charge is -2.21. The van der Waals surface area contributed by atoms with Crippen LogP contribution in [0.15, 0.2) is 0 Å². The SMILES string of the molecule is Cc1nc(C)c(Cl)c(OCC(=O)NC(C)(C)C)c1Cl. The number of aryl methyl sites for hydroxylation is 2. The Morgan fingerprint density at radius 3 is 2.11 bits per heavy atom. The summed E-state index contributed by atoms with van der Waals surface area (Å²) in [6.07, 6.45) is 0. The summed E-state index contributed by atoms with van der Waals surface area (Å²) in [4.78, 5) is 15.9. The number of halogens is 2. The van der Waals surface area contributed by atoms with E-state index in [1.165, 1.54) is 0 Å². The van der Waals surface area contributed by atoms with Gasteiger partial charge in [-0.15, -0.1) is 0 Å². The molecule has 106 valence electrons. The van der Waals surface area contributed by atoms with E-state index in [-0.39, 0.29) is 18.1 Å². The Morgan fingerprint density at radius 2 is 1.68 bits per heavy atom. The van der Waals surface area contributed by atoms with E-state index in [0.29, 0.717) is 27.2 Å². The summed E-state index contributed by atoms with van der Waals surface area (Å²) in [5.74, 6) is 0.0733. The molecule has 1 aromatic heterocycles. The fraction of sp³-hybridized carbons (Fsp3) is 0.538. The lowest BCUT2D eigenvalue weighted by molar-refractivity contribution is -0.124. The average Bonchev–Trinajstić information content (AvgIpc) is 2.24. The van der Waals surface area contributed by atoms with E-state index < -0.39 is 0 Å². The number of hydrogen-bond acceptors (Lipinski definition) is 3. The second-order valence-corrected chi connectivity index (χ2v) is 6.08. The summed E-state index contributed by atoms with van der Waals surface area (Å²) in [6.45, 7) is 9.06. The molecule has 1 amide bonds. The molecule has 1 N–H and O–H groups in total. The Kier molecular flexibility index (Phi) is 5.04. The number of nitrogens with one attached hydrogen (secondary N) is 1. The van der Waals surface area contributed by atoms with E-state index in [1.54, 1.807) is 13.8 Å². The highest BCUT2D eigenvalue weighted by atomic mass is 35.5. The summed E-state index contributed by atoms with van der Waals surface area (Å²) in [6, 6.07) is 0. The first-order valence-electron chi connectivity index (χ1n) is 5.88. The largest absolute Gasteiger partial charge is 0.480 e.